The summed E-state index contributed by atoms with van der Waals surface area (Å²) in [5.41, 5.74) is 1.96. The predicted molar refractivity (Wildman–Crippen MR) is 129 cm³/mol. The molecule has 2 aliphatic heterocycles. The third kappa shape index (κ3) is 5.89. The van der Waals surface area contributed by atoms with Gasteiger partial charge in [0.2, 0.25) is 11.8 Å². The van der Waals surface area contributed by atoms with Crippen molar-refractivity contribution >= 4 is 38.6 Å². The fraction of sp³-hybridized carbons (Fsp3) is 0.375. The second-order valence-electron chi connectivity index (χ2n) is 8.57. The summed E-state index contributed by atoms with van der Waals surface area (Å²) in [7, 11) is -5.61. The SMILES string of the molecule is O=C1CCC(N2Cc3c(cccc3S(=O)CCOCCCc3ccc(S(=O)(=O)O)cc3)C2=O)C(=O)N1. The molecule has 0 saturated carbocycles. The molecule has 1 saturated heterocycles. The van der Waals surface area contributed by atoms with Crippen LogP contribution in [0.2, 0.25) is 0 Å². The number of carbonyl (C=O) groups is 3. The van der Waals surface area contributed by atoms with Crippen molar-refractivity contribution in [1.29, 1.82) is 0 Å². The monoisotopic (exact) mass is 534 g/mol. The molecule has 4 rings (SSSR count). The van der Waals surface area contributed by atoms with Gasteiger partial charge in [-0.05, 0) is 49.1 Å². The van der Waals surface area contributed by atoms with E-state index in [2.05, 4.69) is 5.32 Å². The smallest absolute Gasteiger partial charge is 0.294 e. The molecule has 2 unspecified atom stereocenters. The third-order valence-corrected chi connectivity index (χ3v) is 8.45. The summed E-state index contributed by atoms with van der Waals surface area (Å²) < 4.78 is 49.8. The molecule has 1 fully saturated rings. The minimum absolute atomic E-state index is 0.153. The van der Waals surface area contributed by atoms with Crippen molar-refractivity contribution in [2.75, 3.05) is 19.0 Å². The van der Waals surface area contributed by atoms with Crippen LogP contribution in [-0.2, 0) is 48.2 Å². The van der Waals surface area contributed by atoms with Crippen LogP contribution in [0.3, 0.4) is 0 Å². The molecule has 2 aliphatic rings. The van der Waals surface area contributed by atoms with E-state index in [4.69, 9.17) is 9.29 Å². The first-order chi connectivity index (χ1) is 17.1. The van der Waals surface area contributed by atoms with Crippen LogP contribution < -0.4 is 5.32 Å². The molecule has 10 nitrogen and oxygen atoms in total. The molecule has 2 heterocycles. The molecular formula is C24H26N2O8S2. The van der Waals surface area contributed by atoms with E-state index in [-0.39, 0.29) is 48.5 Å². The van der Waals surface area contributed by atoms with Crippen LogP contribution >= 0.6 is 0 Å². The van der Waals surface area contributed by atoms with Crippen molar-refractivity contribution in [1.82, 2.24) is 10.2 Å². The number of nitrogens with zero attached hydrogens (tertiary/aromatic N) is 1. The number of benzene rings is 2. The highest BCUT2D eigenvalue weighted by Gasteiger charge is 2.40. The molecule has 0 bridgehead atoms. The Bertz CT molecular complexity index is 1310. The van der Waals surface area contributed by atoms with Gasteiger partial charge in [0.25, 0.3) is 16.0 Å². The average molecular weight is 535 g/mol. The quantitative estimate of drug-likeness (QED) is 0.265. The molecule has 36 heavy (non-hydrogen) atoms. The summed E-state index contributed by atoms with van der Waals surface area (Å²) in [6.45, 7) is 0.842. The van der Waals surface area contributed by atoms with Gasteiger partial charge in [0, 0.05) is 35.6 Å². The van der Waals surface area contributed by atoms with Crippen LogP contribution in [0.15, 0.2) is 52.3 Å². The summed E-state index contributed by atoms with van der Waals surface area (Å²) in [5, 5.41) is 2.27. The van der Waals surface area contributed by atoms with E-state index in [0.29, 0.717) is 35.5 Å². The van der Waals surface area contributed by atoms with Gasteiger partial charge in [-0.2, -0.15) is 8.42 Å². The Morgan fingerprint density at radius 3 is 2.53 bits per heavy atom. The first kappa shape index (κ1) is 26.1. The van der Waals surface area contributed by atoms with Crippen LogP contribution in [0, 0.1) is 0 Å². The molecule has 2 atom stereocenters. The van der Waals surface area contributed by atoms with Crippen molar-refractivity contribution in [3.63, 3.8) is 0 Å². The van der Waals surface area contributed by atoms with Gasteiger partial charge in [0.1, 0.15) is 6.04 Å². The Balaban J connectivity index is 1.26. The van der Waals surface area contributed by atoms with Crippen molar-refractivity contribution < 1.29 is 36.3 Å². The maximum absolute atomic E-state index is 13.0. The number of rotatable bonds is 10. The Hall–Kier alpha value is -2.93. The minimum Gasteiger partial charge on any atom is -0.380 e. The number of imide groups is 1. The maximum atomic E-state index is 13.0. The lowest BCUT2D eigenvalue weighted by Gasteiger charge is -2.29. The second-order valence-corrected chi connectivity index (χ2v) is 11.5. The third-order valence-electron chi connectivity index (χ3n) is 6.17. The molecule has 12 heteroatoms. The van der Waals surface area contributed by atoms with E-state index in [1.54, 1.807) is 30.3 Å². The number of carbonyl (C=O) groups excluding carboxylic acids is 3. The fourth-order valence-electron chi connectivity index (χ4n) is 4.32. The van der Waals surface area contributed by atoms with Crippen LogP contribution in [0.4, 0.5) is 0 Å². The lowest BCUT2D eigenvalue weighted by molar-refractivity contribution is -0.136. The van der Waals surface area contributed by atoms with Crippen LogP contribution in [-0.4, -0.2) is 64.8 Å². The predicted octanol–water partition coefficient (Wildman–Crippen LogP) is 1.45. The van der Waals surface area contributed by atoms with Gasteiger partial charge in [-0.1, -0.05) is 18.2 Å². The number of hydrogen-bond acceptors (Lipinski definition) is 7. The standard InChI is InChI=1S/C24H26N2O8S2/c27-22-11-10-20(23(28)25-22)26-15-19-18(24(26)29)4-1-5-21(19)35(30)14-13-34-12-2-3-16-6-8-17(9-7-16)36(31,32)33/h1,4-9,20H,2-3,10-15H2,(H,25,27,28)(H,31,32,33). The molecule has 0 aliphatic carbocycles. The van der Waals surface area contributed by atoms with E-state index < -0.39 is 32.9 Å². The molecule has 0 radical (unpaired) electrons. The zero-order valence-corrected chi connectivity index (χ0v) is 21.0. The summed E-state index contributed by atoms with van der Waals surface area (Å²) >= 11 is 0. The molecule has 192 valence electrons. The number of aryl methyl sites for hydroxylation is 1. The summed E-state index contributed by atoms with van der Waals surface area (Å²) in [6, 6.07) is 10.3. The van der Waals surface area contributed by atoms with Crippen LogP contribution in [0.5, 0.6) is 0 Å². The molecule has 2 aromatic rings. The van der Waals surface area contributed by atoms with Crippen molar-refractivity contribution in [3.8, 4) is 0 Å². The van der Waals surface area contributed by atoms with Crippen molar-refractivity contribution in [2.24, 2.45) is 0 Å². The van der Waals surface area contributed by atoms with Gasteiger partial charge in [0.05, 0.1) is 28.1 Å². The number of fused-ring (bicyclic) bond motifs is 1. The topological polar surface area (TPSA) is 147 Å². The summed E-state index contributed by atoms with van der Waals surface area (Å²) in [5.74, 6) is -0.902. The van der Waals surface area contributed by atoms with E-state index in [1.165, 1.54) is 17.0 Å². The average Bonchev–Trinajstić information content (AvgIpc) is 3.17. The molecule has 3 amide bonds. The lowest BCUT2D eigenvalue weighted by atomic mass is 10.0. The van der Waals surface area contributed by atoms with E-state index >= 15 is 0 Å². The van der Waals surface area contributed by atoms with Crippen molar-refractivity contribution in [2.45, 2.75) is 48.1 Å². The normalized spacial score (nSPS) is 18.8. The number of piperidine rings is 1. The maximum Gasteiger partial charge on any atom is 0.294 e. The number of hydrogen-bond donors (Lipinski definition) is 2. The highest BCUT2D eigenvalue weighted by molar-refractivity contribution is 7.86. The zero-order valence-electron chi connectivity index (χ0n) is 19.3. The van der Waals surface area contributed by atoms with Gasteiger partial charge < -0.3 is 9.64 Å². The van der Waals surface area contributed by atoms with Crippen LogP contribution in [0.1, 0.15) is 40.7 Å². The summed E-state index contributed by atoms with van der Waals surface area (Å²) in [6.07, 6.45) is 1.76. The lowest BCUT2D eigenvalue weighted by Crippen LogP contribution is -2.52. The van der Waals surface area contributed by atoms with Gasteiger partial charge in [0.15, 0.2) is 0 Å². The van der Waals surface area contributed by atoms with Crippen LogP contribution in [0.25, 0.3) is 0 Å². The number of ether oxygens (including phenoxy) is 1. The number of amides is 3. The fourth-order valence-corrected chi connectivity index (χ4v) is 5.97. The van der Waals surface area contributed by atoms with Gasteiger partial charge in [-0.3, -0.25) is 28.5 Å². The van der Waals surface area contributed by atoms with E-state index in [9.17, 15) is 27.0 Å². The number of nitrogens with one attached hydrogen (secondary N) is 1. The van der Waals surface area contributed by atoms with E-state index in [1.807, 2.05) is 0 Å². The van der Waals surface area contributed by atoms with Gasteiger partial charge in [-0.15, -0.1) is 0 Å². The molecule has 2 N–H and O–H groups in total. The van der Waals surface area contributed by atoms with Crippen molar-refractivity contribution in [3.05, 3.63) is 59.2 Å². The highest BCUT2D eigenvalue weighted by Crippen LogP contribution is 2.31. The molecule has 2 aromatic carbocycles. The van der Waals surface area contributed by atoms with Gasteiger partial charge in [-0.25, -0.2) is 0 Å². The Morgan fingerprint density at radius 2 is 1.83 bits per heavy atom. The zero-order chi connectivity index (χ0) is 25.9. The Labute approximate surface area is 211 Å². The first-order valence-corrected chi connectivity index (χ1v) is 14.2. The Kier molecular flexibility index (Phi) is 7.98. The molecular weight excluding hydrogens is 508 g/mol. The van der Waals surface area contributed by atoms with Gasteiger partial charge >= 0.3 is 0 Å². The Morgan fingerprint density at radius 1 is 1.08 bits per heavy atom. The van der Waals surface area contributed by atoms with E-state index in [0.717, 1.165) is 5.56 Å². The second kappa shape index (κ2) is 11.0. The molecule has 0 spiro atoms. The molecule has 0 aromatic heterocycles. The summed E-state index contributed by atoms with van der Waals surface area (Å²) in [4.78, 5) is 38.4. The minimum atomic E-state index is -4.21. The highest BCUT2D eigenvalue weighted by atomic mass is 32.2. The largest absolute Gasteiger partial charge is 0.380 e. The first-order valence-electron chi connectivity index (χ1n) is 11.4.